The van der Waals surface area contributed by atoms with Gasteiger partial charge >= 0.3 is 0 Å². The van der Waals surface area contributed by atoms with E-state index < -0.39 is 0 Å². The molecule has 0 radical (unpaired) electrons. The molecule has 16 heavy (non-hydrogen) atoms. The van der Waals surface area contributed by atoms with Crippen molar-refractivity contribution in [3.8, 4) is 0 Å². The number of piperidine rings is 1. The minimum absolute atomic E-state index is 0.0195. The van der Waals surface area contributed by atoms with E-state index in [0.29, 0.717) is 12.3 Å². The van der Waals surface area contributed by atoms with Crippen molar-refractivity contribution in [2.45, 2.75) is 33.1 Å². The van der Waals surface area contributed by atoms with Gasteiger partial charge in [-0.2, -0.15) is 11.8 Å². The summed E-state index contributed by atoms with van der Waals surface area (Å²) in [7, 11) is 0. The summed E-state index contributed by atoms with van der Waals surface area (Å²) in [6.45, 7) is 4.17. The molecule has 2 aliphatic rings. The standard InChI is InChI=1S/C12H19NO2S/c1-8(2)10-11(15)13-9(14)7-12(10)3-5-16-6-4-12/h8,10H,3-7H2,1-2H3,(H,13,14,15). The van der Waals surface area contributed by atoms with E-state index in [0.717, 1.165) is 24.3 Å². The third-order valence-corrected chi connectivity index (χ3v) is 4.86. The van der Waals surface area contributed by atoms with Gasteiger partial charge in [0.25, 0.3) is 0 Å². The largest absolute Gasteiger partial charge is 0.296 e. The van der Waals surface area contributed by atoms with Gasteiger partial charge in [-0.05, 0) is 35.7 Å². The highest BCUT2D eigenvalue weighted by molar-refractivity contribution is 7.99. The predicted molar refractivity (Wildman–Crippen MR) is 65.1 cm³/mol. The zero-order valence-corrected chi connectivity index (χ0v) is 10.7. The Morgan fingerprint density at radius 1 is 1.31 bits per heavy atom. The van der Waals surface area contributed by atoms with Crippen LogP contribution in [0.1, 0.15) is 33.1 Å². The molecule has 2 aliphatic heterocycles. The second-order valence-corrected chi connectivity index (χ2v) is 6.51. The molecule has 1 unspecified atom stereocenters. The van der Waals surface area contributed by atoms with E-state index in [-0.39, 0.29) is 23.1 Å². The first kappa shape index (κ1) is 12.0. The van der Waals surface area contributed by atoms with E-state index in [9.17, 15) is 9.59 Å². The summed E-state index contributed by atoms with van der Waals surface area (Å²) < 4.78 is 0. The summed E-state index contributed by atoms with van der Waals surface area (Å²) in [5, 5.41) is 2.50. The number of nitrogens with one attached hydrogen (secondary N) is 1. The van der Waals surface area contributed by atoms with E-state index in [1.165, 1.54) is 0 Å². The Morgan fingerprint density at radius 3 is 2.50 bits per heavy atom. The minimum atomic E-state index is -0.0752. The van der Waals surface area contributed by atoms with Gasteiger partial charge in [-0.15, -0.1) is 0 Å². The van der Waals surface area contributed by atoms with Crippen LogP contribution in [-0.4, -0.2) is 23.3 Å². The van der Waals surface area contributed by atoms with Crippen LogP contribution >= 0.6 is 11.8 Å². The van der Waals surface area contributed by atoms with Gasteiger partial charge in [0.15, 0.2) is 0 Å². The van der Waals surface area contributed by atoms with Gasteiger partial charge in [-0.1, -0.05) is 13.8 Å². The van der Waals surface area contributed by atoms with Crippen molar-refractivity contribution in [3.63, 3.8) is 0 Å². The minimum Gasteiger partial charge on any atom is -0.296 e. The summed E-state index contributed by atoms with van der Waals surface area (Å²) in [5.41, 5.74) is -0.0428. The number of rotatable bonds is 1. The molecule has 2 rings (SSSR count). The fourth-order valence-corrected chi connectivity index (χ4v) is 4.55. The molecule has 0 aromatic heterocycles. The van der Waals surface area contributed by atoms with Gasteiger partial charge in [0.2, 0.25) is 11.8 Å². The first-order chi connectivity index (χ1) is 7.55. The number of hydrogen-bond acceptors (Lipinski definition) is 3. The van der Waals surface area contributed by atoms with Crippen molar-refractivity contribution in [1.82, 2.24) is 5.32 Å². The van der Waals surface area contributed by atoms with Crippen LogP contribution in [0.25, 0.3) is 0 Å². The molecule has 0 aliphatic carbocycles. The maximum absolute atomic E-state index is 12.0. The number of thioether (sulfide) groups is 1. The van der Waals surface area contributed by atoms with Crippen LogP contribution < -0.4 is 5.32 Å². The van der Waals surface area contributed by atoms with Crippen molar-refractivity contribution in [2.75, 3.05) is 11.5 Å². The Balaban J connectivity index is 2.29. The lowest BCUT2D eigenvalue weighted by Gasteiger charge is -2.46. The molecule has 4 heteroatoms. The highest BCUT2D eigenvalue weighted by Gasteiger charge is 2.49. The molecule has 2 amide bonds. The van der Waals surface area contributed by atoms with Crippen LogP contribution in [-0.2, 0) is 9.59 Å². The van der Waals surface area contributed by atoms with Crippen LogP contribution in [0.4, 0.5) is 0 Å². The van der Waals surface area contributed by atoms with Crippen molar-refractivity contribution < 1.29 is 9.59 Å². The lowest BCUT2D eigenvalue weighted by atomic mass is 9.62. The SMILES string of the molecule is CC(C)C1C(=O)NC(=O)CC12CCSCC2. The van der Waals surface area contributed by atoms with Gasteiger partial charge in [0, 0.05) is 12.3 Å². The van der Waals surface area contributed by atoms with Crippen LogP contribution in [0, 0.1) is 17.3 Å². The highest BCUT2D eigenvalue weighted by atomic mass is 32.2. The molecule has 0 aromatic carbocycles. The predicted octanol–water partition coefficient (Wildman–Crippen LogP) is 1.82. The van der Waals surface area contributed by atoms with Gasteiger partial charge in [0.05, 0.1) is 0 Å². The zero-order valence-electron chi connectivity index (χ0n) is 9.91. The lowest BCUT2D eigenvalue weighted by Crippen LogP contribution is -2.55. The Labute approximate surface area is 101 Å². The smallest absolute Gasteiger partial charge is 0.230 e. The second-order valence-electron chi connectivity index (χ2n) is 5.29. The normalized spacial score (nSPS) is 29.6. The average molecular weight is 241 g/mol. The first-order valence-electron chi connectivity index (χ1n) is 5.97. The van der Waals surface area contributed by atoms with Crippen LogP contribution in [0.5, 0.6) is 0 Å². The highest BCUT2D eigenvalue weighted by Crippen LogP contribution is 2.48. The van der Waals surface area contributed by atoms with E-state index in [2.05, 4.69) is 19.2 Å². The van der Waals surface area contributed by atoms with E-state index in [1.54, 1.807) is 0 Å². The Bertz CT molecular complexity index is 308. The number of amides is 2. The zero-order chi connectivity index (χ0) is 11.8. The molecule has 90 valence electrons. The molecule has 0 aromatic rings. The van der Waals surface area contributed by atoms with E-state index >= 15 is 0 Å². The molecule has 2 heterocycles. The molecule has 1 atom stereocenters. The molecule has 2 saturated heterocycles. The quantitative estimate of drug-likeness (QED) is 0.712. The number of carbonyl (C=O) groups is 2. The third kappa shape index (κ3) is 1.99. The molecule has 0 saturated carbocycles. The maximum Gasteiger partial charge on any atom is 0.230 e. The van der Waals surface area contributed by atoms with Crippen molar-refractivity contribution in [3.05, 3.63) is 0 Å². The third-order valence-electron chi connectivity index (χ3n) is 3.87. The summed E-state index contributed by atoms with van der Waals surface area (Å²) in [6.07, 6.45) is 2.57. The molecule has 3 nitrogen and oxygen atoms in total. The number of imide groups is 1. The maximum atomic E-state index is 12.0. The van der Waals surface area contributed by atoms with E-state index in [4.69, 9.17) is 0 Å². The van der Waals surface area contributed by atoms with Crippen LogP contribution in [0.2, 0.25) is 0 Å². The topological polar surface area (TPSA) is 46.2 Å². The molecular weight excluding hydrogens is 222 g/mol. The fraction of sp³-hybridized carbons (Fsp3) is 0.833. The van der Waals surface area contributed by atoms with Gasteiger partial charge in [0.1, 0.15) is 0 Å². The Kier molecular flexibility index (Phi) is 3.29. The number of carbonyl (C=O) groups excluding carboxylic acids is 2. The van der Waals surface area contributed by atoms with Crippen molar-refractivity contribution in [2.24, 2.45) is 17.3 Å². The van der Waals surface area contributed by atoms with E-state index in [1.807, 2.05) is 11.8 Å². The molecule has 2 fully saturated rings. The second kappa shape index (κ2) is 4.40. The average Bonchev–Trinajstić information content (AvgIpc) is 2.16. The summed E-state index contributed by atoms with van der Waals surface area (Å²) >= 11 is 1.94. The van der Waals surface area contributed by atoms with Gasteiger partial charge in [-0.3, -0.25) is 14.9 Å². The molecule has 1 N–H and O–H groups in total. The van der Waals surface area contributed by atoms with Crippen LogP contribution in [0.15, 0.2) is 0 Å². The summed E-state index contributed by atoms with van der Waals surface area (Å²) in [4.78, 5) is 23.6. The molecule has 1 spiro atoms. The summed E-state index contributed by atoms with van der Waals surface area (Å²) in [6, 6.07) is 0. The lowest BCUT2D eigenvalue weighted by molar-refractivity contribution is -0.146. The molecule has 0 bridgehead atoms. The monoisotopic (exact) mass is 241 g/mol. The van der Waals surface area contributed by atoms with Crippen LogP contribution in [0.3, 0.4) is 0 Å². The van der Waals surface area contributed by atoms with Gasteiger partial charge < -0.3 is 0 Å². The van der Waals surface area contributed by atoms with Crippen molar-refractivity contribution >= 4 is 23.6 Å². The Hall–Kier alpha value is -0.510. The van der Waals surface area contributed by atoms with Crippen molar-refractivity contribution in [1.29, 1.82) is 0 Å². The number of hydrogen-bond donors (Lipinski definition) is 1. The van der Waals surface area contributed by atoms with Gasteiger partial charge in [-0.25, -0.2) is 0 Å². The first-order valence-corrected chi connectivity index (χ1v) is 7.12. The Morgan fingerprint density at radius 2 is 1.94 bits per heavy atom. The fourth-order valence-electron chi connectivity index (χ4n) is 3.24. The molecular formula is C12H19NO2S. The summed E-state index contributed by atoms with van der Waals surface area (Å²) in [5.74, 6) is 2.39.